The lowest BCUT2D eigenvalue weighted by atomic mass is 9.93. The number of rotatable bonds is 4. The second-order valence-electron chi connectivity index (χ2n) is 5.44. The van der Waals surface area contributed by atoms with Gasteiger partial charge in [-0.1, -0.05) is 45.8 Å². The van der Waals surface area contributed by atoms with Crippen molar-refractivity contribution in [2.45, 2.75) is 17.7 Å². The fourth-order valence-electron chi connectivity index (χ4n) is 2.36. The number of nitrogens with zero attached hydrogens (tertiary/aromatic N) is 1. The first-order chi connectivity index (χ1) is 10.4. The highest BCUT2D eigenvalue weighted by molar-refractivity contribution is 9.10. The third-order valence-electron chi connectivity index (χ3n) is 3.68. The second-order valence-corrected chi connectivity index (χ2v) is 7.88. The van der Waals surface area contributed by atoms with E-state index in [0.717, 1.165) is 10.0 Å². The average molecular weight is 382 g/mol. The molecule has 0 atom stereocenters. The van der Waals surface area contributed by atoms with Gasteiger partial charge in [0.1, 0.15) is 0 Å². The van der Waals surface area contributed by atoms with E-state index in [1.54, 1.807) is 24.3 Å². The zero-order chi connectivity index (χ0) is 15.7. The van der Waals surface area contributed by atoms with Gasteiger partial charge in [-0.15, -0.1) is 0 Å². The van der Waals surface area contributed by atoms with Crippen LogP contribution < -0.4 is 0 Å². The second kappa shape index (κ2) is 6.12. The molecule has 116 valence electrons. The molecular weight excluding hydrogens is 366 g/mol. The number of halogens is 1. The lowest BCUT2D eigenvalue weighted by Crippen LogP contribution is -2.45. The van der Waals surface area contributed by atoms with Gasteiger partial charge >= 0.3 is 10.1 Å². The fraction of sp³-hybridized carbons (Fsp3) is 0.250. The zero-order valence-electron chi connectivity index (χ0n) is 12.1. The first-order valence-corrected chi connectivity index (χ1v) is 9.16. The molecule has 6 heteroatoms. The molecule has 0 aromatic heterocycles. The molecule has 0 spiro atoms. The van der Waals surface area contributed by atoms with Crippen LogP contribution >= 0.6 is 15.9 Å². The Morgan fingerprint density at radius 3 is 2.45 bits per heavy atom. The first-order valence-electron chi connectivity index (χ1n) is 6.96. The smallest absolute Gasteiger partial charge is 0.192 e. The Kier molecular flexibility index (Phi) is 4.36. The molecule has 3 rings (SSSR count). The normalized spacial score (nSPS) is 16.5. The summed E-state index contributed by atoms with van der Waals surface area (Å²) in [7, 11) is -3.73. The summed E-state index contributed by atoms with van der Waals surface area (Å²) in [4.78, 5) is 0.184. The molecular formula is C16H16BrNO3S. The molecule has 1 aliphatic heterocycles. The van der Waals surface area contributed by atoms with Crippen LogP contribution in [-0.4, -0.2) is 26.6 Å². The van der Waals surface area contributed by atoms with Gasteiger partial charge in [0.2, 0.25) is 0 Å². The number of benzene rings is 2. The van der Waals surface area contributed by atoms with Crippen LogP contribution in [0.15, 0.2) is 57.9 Å². The summed E-state index contributed by atoms with van der Waals surface area (Å²) in [6.07, 6.45) is 0. The Bertz CT molecular complexity index is 768. The van der Waals surface area contributed by atoms with Gasteiger partial charge in [-0.25, -0.2) is 0 Å². The van der Waals surface area contributed by atoms with Crippen molar-refractivity contribution in [2.24, 2.45) is 0 Å². The van der Waals surface area contributed by atoms with Crippen LogP contribution in [0.5, 0.6) is 0 Å². The van der Waals surface area contributed by atoms with Crippen LogP contribution in [0.4, 0.5) is 0 Å². The molecule has 0 aliphatic carbocycles. The Morgan fingerprint density at radius 1 is 1.14 bits per heavy atom. The van der Waals surface area contributed by atoms with E-state index in [2.05, 4.69) is 22.0 Å². The molecule has 4 nitrogen and oxygen atoms in total. The number of hydrogen-bond acceptors (Lipinski definition) is 4. The van der Waals surface area contributed by atoms with Gasteiger partial charge in [-0.3, -0.25) is 0 Å². The van der Waals surface area contributed by atoms with E-state index in [4.69, 9.17) is 4.28 Å². The summed E-state index contributed by atoms with van der Waals surface area (Å²) in [5.41, 5.74) is 2.19. The van der Waals surface area contributed by atoms with Crippen molar-refractivity contribution in [3.8, 4) is 0 Å². The number of hydroxylamine groups is 2. The Labute approximate surface area is 138 Å². The Hall–Kier alpha value is -1.21. The van der Waals surface area contributed by atoms with Gasteiger partial charge in [0, 0.05) is 23.5 Å². The van der Waals surface area contributed by atoms with Crippen LogP contribution in [0.2, 0.25) is 0 Å². The van der Waals surface area contributed by atoms with E-state index in [1.807, 2.05) is 25.1 Å². The van der Waals surface area contributed by atoms with Crippen LogP contribution in [0.3, 0.4) is 0 Å². The van der Waals surface area contributed by atoms with Crippen LogP contribution in [0.25, 0.3) is 0 Å². The van der Waals surface area contributed by atoms with Crippen molar-refractivity contribution in [1.29, 1.82) is 0 Å². The van der Waals surface area contributed by atoms with Crippen molar-refractivity contribution >= 4 is 26.0 Å². The number of aryl methyl sites for hydroxylation is 1. The third-order valence-corrected chi connectivity index (χ3v) is 5.43. The highest BCUT2D eigenvalue weighted by Gasteiger charge is 2.33. The SMILES string of the molecule is Cc1ccc(S(=O)(=O)ON2CC(c3cccc(Br)c3)C2)cc1. The summed E-state index contributed by atoms with van der Waals surface area (Å²) < 4.78 is 30.5. The predicted octanol–water partition coefficient (Wildman–Crippen LogP) is 3.48. The van der Waals surface area contributed by atoms with E-state index in [0.29, 0.717) is 19.0 Å². The molecule has 1 heterocycles. The maximum Gasteiger partial charge on any atom is 0.313 e. The number of hydrogen-bond donors (Lipinski definition) is 0. The molecule has 2 aromatic carbocycles. The summed E-state index contributed by atoms with van der Waals surface area (Å²) in [6.45, 7) is 3.05. The van der Waals surface area contributed by atoms with Crippen molar-refractivity contribution < 1.29 is 12.7 Å². The minimum absolute atomic E-state index is 0.184. The van der Waals surface area contributed by atoms with Gasteiger partial charge in [-0.05, 0) is 36.8 Å². The van der Waals surface area contributed by atoms with Crippen molar-refractivity contribution in [2.75, 3.05) is 13.1 Å². The zero-order valence-corrected chi connectivity index (χ0v) is 14.5. The molecule has 0 unspecified atom stereocenters. The van der Waals surface area contributed by atoms with Gasteiger partial charge in [0.25, 0.3) is 0 Å². The van der Waals surface area contributed by atoms with E-state index in [9.17, 15) is 8.42 Å². The van der Waals surface area contributed by atoms with Gasteiger partial charge in [0.15, 0.2) is 0 Å². The van der Waals surface area contributed by atoms with E-state index in [-0.39, 0.29) is 4.90 Å². The summed E-state index contributed by atoms with van der Waals surface area (Å²) >= 11 is 3.44. The monoisotopic (exact) mass is 381 g/mol. The average Bonchev–Trinajstić information content (AvgIpc) is 2.43. The fourth-order valence-corrected chi connectivity index (χ4v) is 3.73. The molecule has 2 aromatic rings. The summed E-state index contributed by atoms with van der Waals surface area (Å²) in [5.74, 6) is 0.297. The maximum absolute atomic E-state index is 12.2. The highest BCUT2D eigenvalue weighted by atomic mass is 79.9. The van der Waals surface area contributed by atoms with E-state index in [1.165, 1.54) is 10.6 Å². The molecule has 1 aliphatic rings. The van der Waals surface area contributed by atoms with Crippen molar-refractivity contribution in [3.05, 3.63) is 64.1 Å². The molecule has 0 bridgehead atoms. The molecule has 22 heavy (non-hydrogen) atoms. The Balaban J connectivity index is 1.63. The third kappa shape index (κ3) is 3.41. The maximum atomic E-state index is 12.2. The van der Waals surface area contributed by atoms with Crippen molar-refractivity contribution in [1.82, 2.24) is 5.06 Å². The molecule has 0 amide bonds. The molecule has 0 N–H and O–H groups in total. The van der Waals surface area contributed by atoms with Crippen LogP contribution in [-0.2, 0) is 14.4 Å². The minimum atomic E-state index is -3.73. The van der Waals surface area contributed by atoms with Gasteiger partial charge in [-0.2, -0.15) is 17.8 Å². The lowest BCUT2D eigenvalue weighted by Gasteiger charge is -2.37. The molecule has 1 saturated heterocycles. The summed E-state index contributed by atoms with van der Waals surface area (Å²) in [6, 6.07) is 14.7. The summed E-state index contributed by atoms with van der Waals surface area (Å²) in [5, 5.41) is 1.49. The van der Waals surface area contributed by atoms with Crippen molar-refractivity contribution in [3.63, 3.8) is 0 Å². The van der Waals surface area contributed by atoms with Gasteiger partial charge in [0.05, 0.1) is 4.90 Å². The lowest BCUT2D eigenvalue weighted by molar-refractivity contribution is -0.114. The molecule has 0 radical (unpaired) electrons. The molecule has 1 fully saturated rings. The topological polar surface area (TPSA) is 46.6 Å². The van der Waals surface area contributed by atoms with E-state index >= 15 is 0 Å². The van der Waals surface area contributed by atoms with Gasteiger partial charge < -0.3 is 0 Å². The van der Waals surface area contributed by atoms with Crippen LogP contribution in [0.1, 0.15) is 17.0 Å². The standard InChI is InChI=1S/C16H16BrNO3S/c1-12-5-7-16(8-6-12)22(19,20)21-18-10-14(11-18)13-3-2-4-15(17)9-13/h2-9,14H,10-11H2,1H3. The largest absolute Gasteiger partial charge is 0.313 e. The van der Waals surface area contributed by atoms with E-state index < -0.39 is 10.1 Å². The predicted molar refractivity (Wildman–Crippen MR) is 87.9 cm³/mol. The molecule has 0 saturated carbocycles. The Morgan fingerprint density at radius 2 is 1.82 bits per heavy atom. The quantitative estimate of drug-likeness (QED) is 0.813. The minimum Gasteiger partial charge on any atom is -0.192 e. The first kappa shape index (κ1) is 15.7. The van der Waals surface area contributed by atoms with Crippen LogP contribution in [0, 0.1) is 6.92 Å². The highest BCUT2D eigenvalue weighted by Crippen LogP contribution is 2.30.